The van der Waals surface area contributed by atoms with Crippen molar-refractivity contribution >= 4 is 45.4 Å². The van der Waals surface area contributed by atoms with Crippen LogP contribution < -0.4 is 20.1 Å². The van der Waals surface area contributed by atoms with Gasteiger partial charge in [-0.15, -0.1) is 11.3 Å². The summed E-state index contributed by atoms with van der Waals surface area (Å²) in [6, 6.07) is 20.2. The van der Waals surface area contributed by atoms with Crippen LogP contribution in [0.2, 0.25) is 5.02 Å². The maximum Gasteiger partial charge on any atom is 0.255 e. The van der Waals surface area contributed by atoms with E-state index in [4.69, 9.17) is 21.1 Å². The van der Waals surface area contributed by atoms with Crippen molar-refractivity contribution < 1.29 is 14.3 Å². The third kappa shape index (κ3) is 4.33. The molecule has 2 N–H and O–H groups in total. The first-order chi connectivity index (χ1) is 15.1. The molecule has 154 valence electrons. The van der Waals surface area contributed by atoms with Gasteiger partial charge in [0.05, 0.1) is 5.69 Å². The van der Waals surface area contributed by atoms with E-state index >= 15 is 0 Å². The van der Waals surface area contributed by atoms with Crippen LogP contribution in [0, 0.1) is 0 Å². The zero-order valence-electron chi connectivity index (χ0n) is 16.1. The zero-order chi connectivity index (χ0) is 21.2. The maximum atomic E-state index is 12.7. The highest BCUT2D eigenvalue weighted by atomic mass is 35.5. The van der Waals surface area contributed by atoms with Crippen molar-refractivity contribution in [2.75, 3.05) is 17.4 Å². The lowest BCUT2D eigenvalue weighted by Gasteiger charge is -2.07. The number of anilines is 3. The van der Waals surface area contributed by atoms with Crippen LogP contribution in [0.15, 0.2) is 72.1 Å². The molecule has 1 amide bonds. The van der Waals surface area contributed by atoms with Gasteiger partial charge in [0.15, 0.2) is 16.6 Å². The Kier molecular flexibility index (Phi) is 5.19. The second-order valence-corrected chi connectivity index (χ2v) is 8.07. The van der Waals surface area contributed by atoms with E-state index in [0.29, 0.717) is 27.8 Å². The van der Waals surface area contributed by atoms with Crippen molar-refractivity contribution in [1.29, 1.82) is 0 Å². The molecule has 0 saturated carbocycles. The molecule has 1 aromatic heterocycles. The molecule has 31 heavy (non-hydrogen) atoms. The molecule has 3 aromatic carbocycles. The van der Waals surface area contributed by atoms with E-state index in [1.165, 1.54) is 11.3 Å². The summed E-state index contributed by atoms with van der Waals surface area (Å²) in [7, 11) is 0. The van der Waals surface area contributed by atoms with E-state index in [1.54, 1.807) is 18.2 Å². The van der Waals surface area contributed by atoms with Crippen molar-refractivity contribution in [1.82, 2.24) is 4.98 Å². The lowest BCUT2D eigenvalue weighted by molar-refractivity contribution is 0.102. The van der Waals surface area contributed by atoms with Gasteiger partial charge in [-0.25, -0.2) is 4.98 Å². The fraction of sp³-hybridized carbons (Fsp3) is 0.0435. The van der Waals surface area contributed by atoms with E-state index in [2.05, 4.69) is 15.6 Å². The molecule has 8 heteroatoms. The molecule has 0 saturated heterocycles. The van der Waals surface area contributed by atoms with Crippen molar-refractivity contribution in [3.05, 3.63) is 82.7 Å². The average molecular weight is 450 g/mol. The van der Waals surface area contributed by atoms with E-state index in [0.717, 1.165) is 22.1 Å². The van der Waals surface area contributed by atoms with Gasteiger partial charge in [-0.05, 0) is 48.5 Å². The van der Waals surface area contributed by atoms with E-state index in [-0.39, 0.29) is 12.7 Å². The topological polar surface area (TPSA) is 72.5 Å². The third-order valence-electron chi connectivity index (χ3n) is 4.63. The number of carbonyl (C=O) groups is 1. The van der Waals surface area contributed by atoms with E-state index < -0.39 is 0 Å². The quantitative estimate of drug-likeness (QED) is 0.380. The van der Waals surface area contributed by atoms with Crippen LogP contribution in [0.4, 0.5) is 16.5 Å². The summed E-state index contributed by atoms with van der Waals surface area (Å²) in [5.74, 6) is 0.991. The normalized spacial score (nSPS) is 11.9. The monoisotopic (exact) mass is 449 g/mol. The molecule has 6 nitrogen and oxygen atoms in total. The van der Waals surface area contributed by atoms with E-state index in [9.17, 15) is 4.79 Å². The number of nitrogens with one attached hydrogen (secondary N) is 2. The molecule has 4 aromatic rings. The second-order valence-electron chi connectivity index (χ2n) is 6.78. The predicted octanol–water partition coefficient (Wildman–Crippen LogP) is 6.19. The largest absolute Gasteiger partial charge is 0.454 e. The van der Waals surface area contributed by atoms with Crippen LogP contribution in [0.1, 0.15) is 10.4 Å². The number of carbonyl (C=O) groups excluding carboxylic acids is 1. The van der Waals surface area contributed by atoms with Crippen LogP contribution in [-0.2, 0) is 0 Å². The van der Waals surface area contributed by atoms with Gasteiger partial charge in [-0.3, -0.25) is 4.79 Å². The Hall–Kier alpha value is -3.55. The molecule has 5 rings (SSSR count). The predicted molar refractivity (Wildman–Crippen MR) is 123 cm³/mol. The number of ether oxygens (including phenoxy) is 2. The summed E-state index contributed by atoms with van der Waals surface area (Å²) in [6.45, 7) is 0.171. The minimum Gasteiger partial charge on any atom is -0.454 e. The summed E-state index contributed by atoms with van der Waals surface area (Å²) in [5.41, 5.74) is 3.76. The first-order valence-electron chi connectivity index (χ1n) is 9.44. The van der Waals surface area contributed by atoms with Crippen molar-refractivity contribution in [3.8, 4) is 22.8 Å². The van der Waals surface area contributed by atoms with Crippen LogP contribution in [0.25, 0.3) is 11.3 Å². The minimum absolute atomic E-state index is 0.171. The molecule has 0 fully saturated rings. The number of benzene rings is 3. The molecular formula is C23H16ClN3O3S. The highest BCUT2D eigenvalue weighted by molar-refractivity contribution is 7.14. The Morgan fingerprint density at radius 1 is 0.968 bits per heavy atom. The van der Waals surface area contributed by atoms with Crippen molar-refractivity contribution in [2.24, 2.45) is 0 Å². The van der Waals surface area contributed by atoms with Gasteiger partial charge in [0.25, 0.3) is 5.91 Å². The number of halogens is 1. The van der Waals surface area contributed by atoms with Crippen LogP contribution >= 0.6 is 22.9 Å². The first kappa shape index (κ1) is 19.4. The van der Waals surface area contributed by atoms with Gasteiger partial charge in [0.1, 0.15) is 0 Å². The summed E-state index contributed by atoms with van der Waals surface area (Å²) in [6.07, 6.45) is 0. The number of nitrogens with zero attached hydrogens (tertiary/aromatic N) is 1. The lowest BCUT2D eigenvalue weighted by atomic mass is 10.1. The molecule has 0 aliphatic carbocycles. The van der Waals surface area contributed by atoms with Crippen LogP contribution in [0.3, 0.4) is 0 Å². The van der Waals surface area contributed by atoms with Crippen LogP contribution in [-0.4, -0.2) is 17.7 Å². The molecule has 1 aliphatic rings. The number of hydrogen-bond donors (Lipinski definition) is 2. The Labute approximate surface area is 187 Å². The van der Waals surface area contributed by atoms with E-state index in [1.807, 2.05) is 53.9 Å². The highest BCUT2D eigenvalue weighted by Gasteiger charge is 2.16. The standard InChI is InChI=1S/C23H16ClN3O3S/c24-16-4-2-6-18(11-16)26-23-27-19(12-31-23)14-3-1-5-17(9-14)25-22(28)15-7-8-20-21(10-15)30-13-29-20/h1-12H,13H2,(H,25,28)(H,26,27). The molecular weight excluding hydrogens is 434 g/mol. The van der Waals surface area contributed by atoms with Crippen LogP contribution in [0.5, 0.6) is 11.5 Å². The molecule has 0 atom stereocenters. The number of thiazole rings is 1. The summed E-state index contributed by atoms with van der Waals surface area (Å²) in [4.78, 5) is 17.3. The summed E-state index contributed by atoms with van der Waals surface area (Å²) >= 11 is 7.53. The maximum absolute atomic E-state index is 12.7. The minimum atomic E-state index is -0.225. The Balaban J connectivity index is 1.31. The summed E-state index contributed by atoms with van der Waals surface area (Å²) < 4.78 is 10.6. The summed E-state index contributed by atoms with van der Waals surface area (Å²) in [5, 5.41) is 9.56. The smallest absolute Gasteiger partial charge is 0.255 e. The number of aromatic nitrogens is 1. The molecule has 0 bridgehead atoms. The van der Waals surface area contributed by atoms with Crippen molar-refractivity contribution in [2.45, 2.75) is 0 Å². The Morgan fingerprint density at radius 3 is 2.71 bits per heavy atom. The fourth-order valence-corrected chi connectivity index (χ4v) is 4.08. The number of rotatable bonds is 5. The van der Waals surface area contributed by atoms with Crippen molar-refractivity contribution in [3.63, 3.8) is 0 Å². The molecule has 2 heterocycles. The van der Waals surface area contributed by atoms with Gasteiger partial charge < -0.3 is 20.1 Å². The number of amides is 1. The molecule has 0 unspecified atom stereocenters. The second kappa shape index (κ2) is 8.29. The fourth-order valence-electron chi connectivity index (χ4n) is 3.15. The molecule has 0 radical (unpaired) electrons. The zero-order valence-corrected chi connectivity index (χ0v) is 17.7. The lowest BCUT2D eigenvalue weighted by Crippen LogP contribution is -2.11. The van der Waals surface area contributed by atoms with Gasteiger partial charge in [0, 0.05) is 32.9 Å². The van der Waals surface area contributed by atoms with Gasteiger partial charge in [-0.2, -0.15) is 0 Å². The first-order valence-corrected chi connectivity index (χ1v) is 10.7. The van der Waals surface area contributed by atoms with Gasteiger partial charge >= 0.3 is 0 Å². The third-order valence-corrected chi connectivity index (χ3v) is 5.62. The molecule has 0 spiro atoms. The molecule has 1 aliphatic heterocycles. The SMILES string of the molecule is O=C(Nc1cccc(-c2csc(Nc3cccc(Cl)c3)n2)c1)c1ccc2c(c1)OCO2. The number of fused-ring (bicyclic) bond motifs is 1. The Bertz CT molecular complexity index is 1270. The van der Waals surface area contributed by atoms with Gasteiger partial charge in [0.2, 0.25) is 6.79 Å². The Morgan fingerprint density at radius 2 is 1.81 bits per heavy atom. The van der Waals surface area contributed by atoms with Gasteiger partial charge in [-0.1, -0.05) is 29.8 Å². The highest BCUT2D eigenvalue weighted by Crippen LogP contribution is 2.33. The number of hydrogen-bond acceptors (Lipinski definition) is 6. The average Bonchev–Trinajstić information content (AvgIpc) is 3.43.